The van der Waals surface area contributed by atoms with Crippen LogP contribution in [0.2, 0.25) is 0 Å². The molecule has 2 N–H and O–H groups in total. The topological polar surface area (TPSA) is 66.9 Å². The predicted octanol–water partition coefficient (Wildman–Crippen LogP) is 4.77. The van der Waals surface area contributed by atoms with Crippen molar-refractivity contribution in [3.8, 4) is 0 Å². The van der Waals surface area contributed by atoms with Crippen molar-refractivity contribution in [2.75, 3.05) is 10.6 Å². The Kier molecular flexibility index (Phi) is 4.98. The van der Waals surface area contributed by atoms with Crippen LogP contribution >= 0.6 is 0 Å². The Balaban J connectivity index is 1.72. The van der Waals surface area contributed by atoms with Gasteiger partial charge in [-0.05, 0) is 35.2 Å². The van der Waals surface area contributed by atoms with Gasteiger partial charge in [0.1, 0.15) is 17.8 Å². The quantitative estimate of drug-likeness (QED) is 0.714. The second-order valence-corrected chi connectivity index (χ2v) is 7.06. The molecule has 0 fully saturated rings. The summed E-state index contributed by atoms with van der Waals surface area (Å²) in [4.78, 5) is 20.6. The van der Waals surface area contributed by atoms with Gasteiger partial charge in [0.25, 0.3) is 5.91 Å². The molecule has 0 saturated heterocycles. The molecule has 1 aromatic heterocycles. The molecule has 0 aliphatic heterocycles. The van der Waals surface area contributed by atoms with E-state index in [2.05, 4.69) is 53.5 Å². The molecule has 0 saturated carbocycles. The standard InChI is InChI=1S/C21H22N4O/c1-21(2,3)15-9-11-17(12-10-15)24-19-13-18(22-14-23-19)20(26)25-16-7-5-4-6-8-16/h4-14H,1-3H3,(H,25,26)(H,22,23,24). The van der Waals surface area contributed by atoms with Gasteiger partial charge in [0.15, 0.2) is 0 Å². The maximum atomic E-state index is 12.3. The Bertz CT molecular complexity index is 884. The number of hydrogen-bond acceptors (Lipinski definition) is 4. The molecule has 0 bridgehead atoms. The number of benzene rings is 2. The van der Waals surface area contributed by atoms with Crippen molar-refractivity contribution in [2.24, 2.45) is 0 Å². The summed E-state index contributed by atoms with van der Waals surface area (Å²) >= 11 is 0. The van der Waals surface area contributed by atoms with E-state index in [4.69, 9.17) is 0 Å². The van der Waals surface area contributed by atoms with Gasteiger partial charge in [-0.1, -0.05) is 51.1 Å². The van der Waals surface area contributed by atoms with Crippen LogP contribution in [0.5, 0.6) is 0 Å². The molecule has 5 heteroatoms. The maximum absolute atomic E-state index is 12.3. The van der Waals surface area contributed by atoms with E-state index in [0.29, 0.717) is 11.5 Å². The van der Waals surface area contributed by atoms with Crippen molar-refractivity contribution in [3.05, 3.63) is 78.2 Å². The Hall–Kier alpha value is -3.21. The number of carbonyl (C=O) groups is 1. The third kappa shape index (κ3) is 4.45. The molecule has 3 aromatic rings. The minimum atomic E-state index is -0.273. The number of nitrogens with one attached hydrogen (secondary N) is 2. The first kappa shape index (κ1) is 17.6. The average Bonchev–Trinajstić information content (AvgIpc) is 2.62. The number of carbonyl (C=O) groups excluding carboxylic acids is 1. The number of anilines is 3. The first-order chi connectivity index (χ1) is 12.4. The van der Waals surface area contributed by atoms with Crippen molar-refractivity contribution >= 4 is 23.1 Å². The first-order valence-corrected chi connectivity index (χ1v) is 8.48. The van der Waals surface area contributed by atoms with Crippen molar-refractivity contribution in [1.29, 1.82) is 0 Å². The van der Waals surface area contributed by atoms with Gasteiger partial charge in [0.2, 0.25) is 0 Å². The fraction of sp³-hybridized carbons (Fsp3) is 0.190. The third-order valence-electron chi connectivity index (χ3n) is 3.95. The number of para-hydroxylation sites is 1. The minimum absolute atomic E-state index is 0.107. The van der Waals surface area contributed by atoms with Crippen LogP contribution in [0.25, 0.3) is 0 Å². The highest BCUT2D eigenvalue weighted by atomic mass is 16.1. The van der Waals surface area contributed by atoms with Gasteiger partial charge < -0.3 is 10.6 Å². The molecule has 3 rings (SSSR count). The van der Waals surface area contributed by atoms with E-state index < -0.39 is 0 Å². The predicted molar refractivity (Wildman–Crippen MR) is 105 cm³/mol. The number of hydrogen-bond donors (Lipinski definition) is 2. The van der Waals surface area contributed by atoms with Crippen LogP contribution in [0.15, 0.2) is 67.0 Å². The van der Waals surface area contributed by atoms with Gasteiger partial charge >= 0.3 is 0 Å². The highest BCUT2D eigenvalue weighted by molar-refractivity contribution is 6.03. The van der Waals surface area contributed by atoms with Gasteiger partial charge in [0, 0.05) is 17.4 Å². The summed E-state index contributed by atoms with van der Waals surface area (Å²) in [6.07, 6.45) is 1.38. The van der Waals surface area contributed by atoms with Crippen molar-refractivity contribution < 1.29 is 4.79 Å². The van der Waals surface area contributed by atoms with Crippen molar-refractivity contribution in [2.45, 2.75) is 26.2 Å². The van der Waals surface area contributed by atoms with E-state index in [1.807, 2.05) is 42.5 Å². The molecule has 1 heterocycles. The fourth-order valence-electron chi connectivity index (χ4n) is 2.47. The van der Waals surface area contributed by atoms with Gasteiger partial charge in [-0.15, -0.1) is 0 Å². The summed E-state index contributed by atoms with van der Waals surface area (Å²) in [6.45, 7) is 6.53. The molecule has 0 radical (unpaired) electrons. The molecule has 2 aromatic carbocycles. The Morgan fingerprint density at radius 1 is 0.885 bits per heavy atom. The van der Waals surface area contributed by atoms with E-state index >= 15 is 0 Å². The lowest BCUT2D eigenvalue weighted by Crippen LogP contribution is -2.14. The van der Waals surface area contributed by atoms with Crippen molar-refractivity contribution in [3.63, 3.8) is 0 Å². The lowest BCUT2D eigenvalue weighted by molar-refractivity contribution is 0.102. The lowest BCUT2D eigenvalue weighted by atomic mass is 9.87. The number of amides is 1. The molecule has 0 unspecified atom stereocenters. The molecule has 5 nitrogen and oxygen atoms in total. The zero-order chi connectivity index (χ0) is 18.6. The fourth-order valence-corrected chi connectivity index (χ4v) is 2.47. The average molecular weight is 346 g/mol. The zero-order valence-electron chi connectivity index (χ0n) is 15.2. The van der Waals surface area contributed by atoms with Crippen LogP contribution in [-0.2, 0) is 5.41 Å². The van der Waals surface area contributed by atoms with Crippen molar-refractivity contribution in [1.82, 2.24) is 9.97 Å². The molecular weight excluding hydrogens is 324 g/mol. The van der Waals surface area contributed by atoms with Gasteiger partial charge in [-0.25, -0.2) is 9.97 Å². The Morgan fingerprint density at radius 3 is 2.23 bits per heavy atom. The summed E-state index contributed by atoms with van der Waals surface area (Å²) in [5.74, 6) is 0.298. The summed E-state index contributed by atoms with van der Waals surface area (Å²) in [5.41, 5.74) is 3.30. The molecule has 1 amide bonds. The van der Waals surface area contributed by atoms with Gasteiger partial charge in [0.05, 0.1) is 0 Å². The first-order valence-electron chi connectivity index (χ1n) is 8.48. The highest BCUT2D eigenvalue weighted by Gasteiger charge is 2.13. The molecule has 0 aliphatic carbocycles. The summed E-state index contributed by atoms with van der Waals surface area (Å²) < 4.78 is 0. The van der Waals surface area contributed by atoms with Crippen LogP contribution in [0.1, 0.15) is 36.8 Å². The summed E-state index contributed by atoms with van der Waals surface area (Å²) in [6, 6.07) is 19.1. The molecule has 132 valence electrons. The molecule has 0 spiro atoms. The summed E-state index contributed by atoms with van der Waals surface area (Å²) in [7, 11) is 0. The lowest BCUT2D eigenvalue weighted by Gasteiger charge is -2.19. The zero-order valence-corrected chi connectivity index (χ0v) is 15.2. The number of rotatable bonds is 4. The molecule has 0 atom stereocenters. The normalized spacial score (nSPS) is 11.0. The van der Waals surface area contributed by atoms with E-state index in [0.717, 1.165) is 11.4 Å². The second-order valence-electron chi connectivity index (χ2n) is 7.06. The highest BCUT2D eigenvalue weighted by Crippen LogP contribution is 2.24. The minimum Gasteiger partial charge on any atom is -0.340 e. The molecule has 0 aliphatic rings. The van der Waals surface area contributed by atoms with Crippen LogP contribution in [-0.4, -0.2) is 15.9 Å². The SMILES string of the molecule is CC(C)(C)c1ccc(Nc2cc(C(=O)Nc3ccccc3)ncn2)cc1. The monoisotopic (exact) mass is 346 g/mol. The summed E-state index contributed by atoms with van der Waals surface area (Å²) in [5, 5.41) is 6.03. The Labute approximate surface area is 153 Å². The van der Waals surface area contributed by atoms with Gasteiger partial charge in [-0.2, -0.15) is 0 Å². The largest absolute Gasteiger partial charge is 0.340 e. The number of aromatic nitrogens is 2. The van der Waals surface area contributed by atoms with E-state index in [1.54, 1.807) is 6.07 Å². The molecule has 26 heavy (non-hydrogen) atoms. The van der Waals surface area contributed by atoms with Gasteiger partial charge in [-0.3, -0.25) is 4.79 Å². The maximum Gasteiger partial charge on any atom is 0.274 e. The van der Waals surface area contributed by atoms with Crippen LogP contribution in [0.4, 0.5) is 17.2 Å². The molecular formula is C21H22N4O. The number of nitrogens with zero attached hydrogens (tertiary/aromatic N) is 2. The van der Waals surface area contributed by atoms with Crippen LogP contribution in [0.3, 0.4) is 0 Å². The van der Waals surface area contributed by atoms with Crippen LogP contribution < -0.4 is 10.6 Å². The second kappa shape index (κ2) is 7.35. The van der Waals surface area contributed by atoms with E-state index in [-0.39, 0.29) is 11.3 Å². The third-order valence-corrected chi connectivity index (χ3v) is 3.95. The van der Waals surface area contributed by atoms with E-state index in [1.165, 1.54) is 11.9 Å². The van der Waals surface area contributed by atoms with Crippen LogP contribution in [0, 0.1) is 0 Å². The smallest absolute Gasteiger partial charge is 0.274 e. The van der Waals surface area contributed by atoms with E-state index in [9.17, 15) is 4.79 Å². The Morgan fingerprint density at radius 2 is 1.58 bits per heavy atom.